The standard InChI is InChI=1S/C33H33ClF3N9O4/c1-3-23-28(43-6-8-44(9-7-43)32(50)27-29(48)17(2)39-16-40-27)30(49)26-31(38-12-24(42-26)45-13-18-10-19(18)14-45)46(23)15-25(47)41-22-5-4-20(11-21(22)34)33(35,36)37/h4-5,11-12,16,18-19,48H,3,6-10,13-15H2,1-2H3,(H,41,47). The second kappa shape index (κ2) is 12.7. The van der Waals surface area contributed by atoms with Gasteiger partial charge in [-0.1, -0.05) is 18.5 Å². The Morgan fingerprint density at radius 2 is 1.78 bits per heavy atom. The number of carbonyl (C=O) groups is 2. The van der Waals surface area contributed by atoms with Gasteiger partial charge in [0.2, 0.25) is 11.3 Å². The molecule has 2 saturated heterocycles. The number of pyridine rings is 1. The van der Waals surface area contributed by atoms with Gasteiger partial charge in [-0.05, 0) is 49.8 Å². The van der Waals surface area contributed by atoms with Crippen molar-refractivity contribution in [3.63, 3.8) is 0 Å². The van der Waals surface area contributed by atoms with E-state index in [0.29, 0.717) is 35.5 Å². The highest BCUT2D eigenvalue weighted by Gasteiger charge is 2.45. The van der Waals surface area contributed by atoms with Crippen LogP contribution in [0.1, 0.15) is 40.8 Å². The van der Waals surface area contributed by atoms with Crippen LogP contribution in [0.4, 0.5) is 30.4 Å². The summed E-state index contributed by atoms with van der Waals surface area (Å²) in [7, 11) is 0. The highest BCUT2D eigenvalue weighted by molar-refractivity contribution is 6.33. The summed E-state index contributed by atoms with van der Waals surface area (Å²) in [6, 6.07) is 2.67. The first-order valence-electron chi connectivity index (χ1n) is 16.2. The number of nitrogens with one attached hydrogen (secondary N) is 1. The summed E-state index contributed by atoms with van der Waals surface area (Å²) < 4.78 is 41.2. The minimum atomic E-state index is -4.60. The second-order valence-corrected chi connectivity index (χ2v) is 13.2. The SMILES string of the molecule is CCc1c(N2CCN(C(=O)c3ncnc(C)c3O)CC2)c(=O)c2nc(N3CC4CC4C3)cnc2n1CC(=O)Nc1ccc(C(F)(F)F)cc1Cl. The van der Waals surface area contributed by atoms with Crippen LogP contribution in [-0.2, 0) is 23.9 Å². The zero-order valence-corrected chi connectivity index (χ0v) is 27.9. The van der Waals surface area contributed by atoms with Gasteiger partial charge in [-0.2, -0.15) is 13.2 Å². The number of aromatic nitrogens is 5. The number of rotatable bonds is 7. The Bertz CT molecular complexity index is 2070. The van der Waals surface area contributed by atoms with E-state index in [1.165, 1.54) is 12.7 Å². The summed E-state index contributed by atoms with van der Waals surface area (Å²) >= 11 is 6.12. The number of hydrogen-bond acceptors (Lipinski definition) is 10. The van der Waals surface area contributed by atoms with Crippen molar-refractivity contribution in [2.45, 2.75) is 39.4 Å². The molecule has 1 saturated carbocycles. The Morgan fingerprint density at radius 1 is 1.06 bits per heavy atom. The van der Waals surface area contributed by atoms with E-state index in [0.717, 1.165) is 31.3 Å². The van der Waals surface area contributed by atoms with Gasteiger partial charge in [-0.15, -0.1) is 0 Å². The first kappa shape index (κ1) is 33.5. The van der Waals surface area contributed by atoms with Crippen molar-refractivity contribution in [1.82, 2.24) is 29.4 Å². The lowest BCUT2D eigenvalue weighted by Gasteiger charge is -2.37. The topological polar surface area (TPSA) is 150 Å². The third-order valence-electron chi connectivity index (χ3n) is 9.63. The number of carbonyl (C=O) groups excluding carboxylic acids is 2. The van der Waals surface area contributed by atoms with Gasteiger partial charge in [0.25, 0.3) is 5.91 Å². The lowest BCUT2D eigenvalue weighted by atomic mass is 10.1. The number of nitrogens with zero attached hydrogens (tertiary/aromatic N) is 8. The number of amides is 2. The molecule has 262 valence electrons. The van der Waals surface area contributed by atoms with Crippen LogP contribution in [0.3, 0.4) is 0 Å². The molecule has 2 atom stereocenters. The quantitative estimate of drug-likeness (QED) is 0.289. The molecule has 7 rings (SSSR count). The van der Waals surface area contributed by atoms with Crippen LogP contribution in [-0.4, -0.2) is 85.6 Å². The molecule has 13 nitrogen and oxygen atoms in total. The van der Waals surface area contributed by atoms with Crippen molar-refractivity contribution in [3.8, 4) is 5.75 Å². The molecule has 2 aliphatic heterocycles. The molecule has 2 amide bonds. The highest BCUT2D eigenvalue weighted by Crippen LogP contribution is 2.46. The number of halogens is 4. The van der Waals surface area contributed by atoms with Crippen molar-refractivity contribution in [3.05, 3.63) is 68.6 Å². The lowest BCUT2D eigenvalue weighted by Crippen LogP contribution is -2.50. The van der Waals surface area contributed by atoms with Gasteiger partial charge in [-0.3, -0.25) is 14.4 Å². The fourth-order valence-electron chi connectivity index (χ4n) is 6.85. The third-order valence-corrected chi connectivity index (χ3v) is 9.94. The summed E-state index contributed by atoms with van der Waals surface area (Å²) in [5.41, 5.74) is -0.0272. The van der Waals surface area contributed by atoms with E-state index < -0.39 is 23.6 Å². The van der Waals surface area contributed by atoms with E-state index in [1.807, 2.05) is 11.8 Å². The van der Waals surface area contributed by atoms with E-state index >= 15 is 0 Å². The number of hydrogen-bond donors (Lipinski definition) is 2. The normalized spacial score (nSPS) is 18.8. The van der Waals surface area contributed by atoms with Crippen LogP contribution < -0.4 is 20.5 Å². The Hall–Kier alpha value is -4.99. The minimum absolute atomic E-state index is 0.0000326. The van der Waals surface area contributed by atoms with Crippen molar-refractivity contribution < 1.29 is 27.9 Å². The average molecular weight is 712 g/mol. The Balaban J connectivity index is 1.22. The summed E-state index contributed by atoms with van der Waals surface area (Å²) in [5.74, 6) is 0.436. The number of aryl methyl sites for hydroxylation is 1. The van der Waals surface area contributed by atoms with Crippen LogP contribution in [0.15, 0.2) is 35.5 Å². The molecule has 0 radical (unpaired) electrons. The fourth-order valence-corrected chi connectivity index (χ4v) is 7.07. The molecule has 5 heterocycles. The second-order valence-electron chi connectivity index (χ2n) is 12.8. The monoisotopic (exact) mass is 711 g/mol. The van der Waals surface area contributed by atoms with E-state index in [2.05, 4.69) is 25.2 Å². The van der Waals surface area contributed by atoms with E-state index in [9.17, 15) is 32.7 Å². The van der Waals surface area contributed by atoms with Gasteiger partial charge >= 0.3 is 6.18 Å². The molecule has 2 N–H and O–H groups in total. The van der Waals surface area contributed by atoms with Crippen molar-refractivity contribution >= 4 is 51.8 Å². The molecule has 50 heavy (non-hydrogen) atoms. The molecule has 1 aromatic carbocycles. The number of piperidine rings is 1. The predicted octanol–water partition coefficient (Wildman–Crippen LogP) is 3.89. The largest absolute Gasteiger partial charge is 0.504 e. The van der Waals surface area contributed by atoms with Crippen LogP contribution in [0.2, 0.25) is 5.02 Å². The molecule has 3 fully saturated rings. The predicted molar refractivity (Wildman–Crippen MR) is 179 cm³/mol. The maximum absolute atomic E-state index is 14.3. The van der Waals surface area contributed by atoms with Crippen molar-refractivity contribution in [2.24, 2.45) is 11.8 Å². The van der Waals surface area contributed by atoms with E-state index in [1.54, 1.807) is 22.6 Å². The number of piperazine rings is 1. The smallest absolute Gasteiger partial charge is 0.416 e. The van der Waals surface area contributed by atoms with E-state index in [4.69, 9.17) is 16.6 Å². The van der Waals surface area contributed by atoms with Gasteiger partial charge < -0.3 is 29.7 Å². The van der Waals surface area contributed by atoms with Crippen LogP contribution in [0.5, 0.6) is 5.75 Å². The van der Waals surface area contributed by atoms with Crippen LogP contribution in [0, 0.1) is 18.8 Å². The van der Waals surface area contributed by atoms with Crippen LogP contribution in [0.25, 0.3) is 11.2 Å². The molecular formula is C33H33ClF3N9O4. The highest BCUT2D eigenvalue weighted by atomic mass is 35.5. The Morgan fingerprint density at radius 3 is 2.44 bits per heavy atom. The minimum Gasteiger partial charge on any atom is -0.504 e. The Labute approximate surface area is 288 Å². The zero-order chi connectivity index (χ0) is 35.5. The first-order valence-corrected chi connectivity index (χ1v) is 16.6. The molecule has 0 bridgehead atoms. The van der Waals surface area contributed by atoms with Gasteiger partial charge in [0.05, 0.1) is 28.2 Å². The molecule has 3 aliphatic rings. The number of benzene rings is 1. The van der Waals surface area contributed by atoms with Gasteiger partial charge in [-0.25, -0.2) is 19.9 Å². The van der Waals surface area contributed by atoms with Gasteiger partial charge in [0, 0.05) is 45.0 Å². The summed E-state index contributed by atoms with van der Waals surface area (Å²) in [6.07, 6.45) is -0.290. The molecule has 1 aliphatic carbocycles. The maximum Gasteiger partial charge on any atom is 0.416 e. The summed E-state index contributed by atoms with van der Waals surface area (Å²) in [5, 5.41) is 12.7. The number of fused-ring (bicyclic) bond motifs is 2. The molecular weight excluding hydrogens is 679 g/mol. The third kappa shape index (κ3) is 6.16. The van der Waals surface area contributed by atoms with Gasteiger partial charge in [0.1, 0.15) is 24.4 Å². The zero-order valence-electron chi connectivity index (χ0n) is 27.2. The maximum atomic E-state index is 14.3. The number of aromatic hydroxyl groups is 1. The molecule has 3 aromatic heterocycles. The molecule has 2 unspecified atom stereocenters. The fraction of sp³-hybridized carbons (Fsp3) is 0.424. The average Bonchev–Trinajstić information content (AvgIpc) is 3.70. The van der Waals surface area contributed by atoms with Crippen molar-refractivity contribution in [2.75, 3.05) is 54.4 Å². The first-order chi connectivity index (χ1) is 23.8. The number of anilines is 3. The summed E-state index contributed by atoms with van der Waals surface area (Å²) in [6.45, 7) is 5.69. The summed E-state index contributed by atoms with van der Waals surface area (Å²) in [4.78, 5) is 63.9. The molecule has 0 spiro atoms. The van der Waals surface area contributed by atoms with Gasteiger partial charge in [0.15, 0.2) is 22.6 Å². The Kier molecular flexibility index (Phi) is 8.52. The van der Waals surface area contributed by atoms with E-state index in [-0.39, 0.29) is 77.2 Å². The lowest BCUT2D eigenvalue weighted by molar-refractivity contribution is -0.137. The number of alkyl halides is 3. The molecule has 17 heteroatoms. The molecule has 4 aromatic rings. The van der Waals surface area contributed by atoms with Crippen molar-refractivity contribution in [1.29, 1.82) is 0 Å². The van der Waals surface area contributed by atoms with Crippen LogP contribution >= 0.6 is 11.6 Å².